The van der Waals surface area contributed by atoms with E-state index in [0.29, 0.717) is 28.6 Å². The second kappa shape index (κ2) is 9.20. The number of hydrogen-bond acceptors (Lipinski definition) is 4. The molecule has 0 bridgehead atoms. The first kappa shape index (κ1) is 20.3. The summed E-state index contributed by atoms with van der Waals surface area (Å²) in [6, 6.07) is 11.6. The third-order valence-corrected chi connectivity index (χ3v) is 5.40. The molecule has 150 valence electrons. The largest absolute Gasteiger partial charge is 0.493 e. The molecule has 1 amide bonds. The first-order valence-corrected chi connectivity index (χ1v) is 9.92. The van der Waals surface area contributed by atoms with Crippen molar-refractivity contribution in [1.29, 1.82) is 0 Å². The number of piperidine rings is 1. The van der Waals surface area contributed by atoms with Crippen molar-refractivity contribution in [2.75, 3.05) is 39.3 Å². The zero-order valence-corrected chi connectivity index (χ0v) is 17.5. The van der Waals surface area contributed by atoms with Crippen LogP contribution in [-0.2, 0) is 6.54 Å². The Hall–Kier alpha value is -2.40. The van der Waals surface area contributed by atoms with Crippen LogP contribution in [0.25, 0.3) is 0 Å². The number of amides is 1. The molecular formula is C22H27ClN2O3. The van der Waals surface area contributed by atoms with E-state index >= 15 is 0 Å². The molecule has 6 heteroatoms. The molecule has 0 aromatic heterocycles. The van der Waals surface area contributed by atoms with Gasteiger partial charge in [-0.2, -0.15) is 0 Å². The van der Waals surface area contributed by atoms with Crippen LogP contribution in [0, 0.1) is 0 Å². The van der Waals surface area contributed by atoms with E-state index in [2.05, 4.69) is 23.1 Å². The predicted octanol–water partition coefficient (Wildman–Crippen LogP) is 4.62. The zero-order valence-electron chi connectivity index (χ0n) is 16.7. The number of halogens is 1. The fourth-order valence-corrected chi connectivity index (χ4v) is 3.96. The van der Waals surface area contributed by atoms with Crippen molar-refractivity contribution in [2.45, 2.75) is 25.8 Å². The number of rotatable bonds is 6. The second-order valence-corrected chi connectivity index (χ2v) is 7.44. The SMILES string of the molecule is COc1cc(C(=O)N(C)Cc2ccccc2N2CCCCC2)cc(Cl)c1OC. The molecule has 0 saturated carbocycles. The Morgan fingerprint density at radius 1 is 1.11 bits per heavy atom. The molecule has 0 spiro atoms. The van der Waals surface area contributed by atoms with E-state index in [0.717, 1.165) is 18.7 Å². The number of carbonyl (C=O) groups is 1. The number of methoxy groups -OCH3 is 2. The summed E-state index contributed by atoms with van der Waals surface area (Å²) in [4.78, 5) is 17.1. The fraction of sp³-hybridized carbons (Fsp3) is 0.409. The second-order valence-electron chi connectivity index (χ2n) is 7.03. The normalized spacial score (nSPS) is 13.9. The van der Waals surface area contributed by atoms with Crippen molar-refractivity contribution in [3.8, 4) is 11.5 Å². The lowest BCUT2D eigenvalue weighted by Crippen LogP contribution is -2.32. The minimum atomic E-state index is -0.115. The van der Waals surface area contributed by atoms with Gasteiger partial charge < -0.3 is 19.3 Å². The number of carbonyl (C=O) groups excluding carboxylic acids is 1. The van der Waals surface area contributed by atoms with Gasteiger partial charge in [-0.05, 0) is 43.0 Å². The average molecular weight is 403 g/mol. The van der Waals surface area contributed by atoms with Crippen LogP contribution in [0.2, 0.25) is 5.02 Å². The summed E-state index contributed by atoms with van der Waals surface area (Å²) in [5.41, 5.74) is 2.83. The Morgan fingerprint density at radius 2 is 1.82 bits per heavy atom. The smallest absolute Gasteiger partial charge is 0.254 e. The van der Waals surface area contributed by atoms with Crippen LogP contribution in [0.3, 0.4) is 0 Å². The Morgan fingerprint density at radius 3 is 2.50 bits per heavy atom. The molecule has 1 fully saturated rings. The number of hydrogen-bond donors (Lipinski definition) is 0. The summed E-state index contributed by atoms with van der Waals surface area (Å²) < 4.78 is 10.6. The lowest BCUT2D eigenvalue weighted by atomic mass is 10.1. The van der Waals surface area contributed by atoms with E-state index in [4.69, 9.17) is 21.1 Å². The fourth-order valence-electron chi connectivity index (χ4n) is 3.68. The van der Waals surface area contributed by atoms with Gasteiger partial charge in [0.1, 0.15) is 0 Å². The van der Waals surface area contributed by atoms with Crippen LogP contribution >= 0.6 is 11.6 Å². The van der Waals surface area contributed by atoms with Gasteiger partial charge in [-0.15, -0.1) is 0 Å². The van der Waals surface area contributed by atoms with Gasteiger partial charge in [0.05, 0.1) is 19.2 Å². The molecule has 2 aromatic rings. The molecule has 1 heterocycles. The lowest BCUT2D eigenvalue weighted by Gasteiger charge is -2.31. The lowest BCUT2D eigenvalue weighted by molar-refractivity contribution is 0.0785. The molecule has 1 aliphatic rings. The van der Waals surface area contributed by atoms with Crippen LogP contribution in [0.4, 0.5) is 5.69 Å². The van der Waals surface area contributed by atoms with Gasteiger partial charge in [0, 0.05) is 37.9 Å². The number of benzene rings is 2. The van der Waals surface area contributed by atoms with E-state index < -0.39 is 0 Å². The van der Waals surface area contributed by atoms with Gasteiger partial charge in [-0.3, -0.25) is 4.79 Å². The summed E-state index contributed by atoms with van der Waals surface area (Å²) in [6.45, 7) is 2.66. The van der Waals surface area contributed by atoms with E-state index in [1.54, 1.807) is 24.1 Å². The van der Waals surface area contributed by atoms with Crippen LogP contribution in [0.5, 0.6) is 11.5 Å². The average Bonchev–Trinajstić information content (AvgIpc) is 2.73. The minimum absolute atomic E-state index is 0.115. The maximum absolute atomic E-state index is 13.0. The molecule has 1 saturated heterocycles. The van der Waals surface area contributed by atoms with E-state index in [1.807, 2.05) is 6.07 Å². The highest BCUT2D eigenvalue weighted by molar-refractivity contribution is 6.32. The summed E-state index contributed by atoms with van der Waals surface area (Å²) in [5.74, 6) is 0.760. The molecular weight excluding hydrogens is 376 g/mol. The highest BCUT2D eigenvalue weighted by atomic mass is 35.5. The minimum Gasteiger partial charge on any atom is -0.493 e. The van der Waals surface area contributed by atoms with Gasteiger partial charge >= 0.3 is 0 Å². The molecule has 0 atom stereocenters. The maximum Gasteiger partial charge on any atom is 0.254 e. The van der Waals surface area contributed by atoms with Crippen molar-refractivity contribution in [3.05, 3.63) is 52.5 Å². The third kappa shape index (κ3) is 4.36. The first-order chi connectivity index (χ1) is 13.5. The van der Waals surface area contributed by atoms with Crippen LogP contribution < -0.4 is 14.4 Å². The van der Waals surface area contributed by atoms with E-state index in [1.165, 1.54) is 39.2 Å². The molecule has 5 nitrogen and oxygen atoms in total. The Bertz CT molecular complexity index is 835. The Balaban J connectivity index is 1.81. The van der Waals surface area contributed by atoms with E-state index in [9.17, 15) is 4.79 Å². The van der Waals surface area contributed by atoms with Gasteiger partial charge in [-0.1, -0.05) is 29.8 Å². The maximum atomic E-state index is 13.0. The molecule has 28 heavy (non-hydrogen) atoms. The van der Waals surface area contributed by atoms with Crippen molar-refractivity contribution in [2.24, 2.45) is 0 Å². The van der Waals surface area contributed by atoms with Crippen LogP contribution in [-0.4, -0.2) is 45.2 Å². The summed E-state index contributed by atoms with van der Waals surface area (Å²) in [6.07, 6.45) is 3.72. The van der Waals surface area contributed by atoms with Crippen LogP contribution in [0.15, 0.2) is 36.4 Å². The van der Waals surface area contributed by atoms with Gasteiger partial charge in [0.2, 0.25) is 0 Å². The van der Waals surface area contributed by atoms with Crippen molar-refractivity contribution < 1.29 is 14.3 Å². The van der Waals surface area contributed by atoms with Gasteiger partial charge in [-0.25, -0.2) is 0 Å². The quantitative estimate of drug-likeness (QED) is 0.707. The molecule has 0 aliphatic carbocycles. The monoisotopic (exact) mass is 402 g/mol. The highest BCUT2D eigenvalue weighted by Crippen LogP contribution is 2.36. The molecule has 0 radical (unpaired) electrons. The summed E-state index contributed by atoms with van der Waals surface area (Å²) in [7, 11) is 4.86. The number of anilines is 1. The molecule has 0 N–H and O–H groups in total. The van der Waals surface area contributed by atoms with Crippen molar-refractivity contribution in [1.82, 2.24) is 4.90 Å². The first-order valence-electron chi connectivity index (χ1n) is 9.55. The Kier molecular flexibility index (Phi) is 6.68. The van der Waals surface area contributed by atoms with Crippen molar-refractivity contribution >= 4 is 23.2 Å². The number of nitrogens with zero attached hydrogens (tertiary/aromatic N) is 2. The van der Waals surface area contributed by atoms with Gasteiger partial charge in [0.15, 0.2) is 11.5 Å². The molecule has 1 aliphatic heterocycles. The van der Waals surface area contributed by atoms with Crippen molar-refractivity contribution in [3.63, 3.8) is 0 Å². The predicted molar refractivity (Wildman–Crippen MR) is 113 cm³/mol. The van der Waals surface area contributed by atoms with Crippen LogP contribution in [0.1, 0.15) is 35.2 Å². The zero-order chi connectivity index (χ0) is 20.1. The number of para-hydroxylation sites is 1. The van der Waals surface area contributed by atoms with E-state index in [-0.39, 0.29) is 5.91 Å². The summed E-state index contributed by atoms with van der Waals surface area (Å²) in [5, 5.41) is 0.354. The molecule has 2 aromatic carbocycles. The molecule has 0 unspecified atom stereocenters. The van der Waals surface area contributed by atoms with Gasteiger partial charge in [0.25, 0.3) is 5.91 Å². The third-order valence-electron chi connectivity index (χ3n) is 5.12. The highest BCUT2D eigenvalue weighted by Gasteiger charge is 2.20. The standard InChI is InChI=1S/C22H27ClN2O3/c1-24(22(26)17-13-18(23)21(28-3)20(14-17)27-2)15-16-9-5-6-10-19(16)25-11-7-4-8-12-25/h5-6,9-10,13-14H,4,7-8,11-12,15H2,1-3H3. The Labute approximate surface area is 171 Å². The molecule has 3 rings (SSSR count). The topological polar surface area (TPSA) is 42.0 Å². The summed E-state index contributed by atoms with van der Waals surface area (Å²) >= 11 is 6.27. The number of ether oxygens (including phenoxy) is 2.